The second kappa shape index (κ2) is 6.74. The van der Waals surface area contributed by atoms with Crippen molar-refractivity contribution >= 4 is 21.4 Å². The largest absolute Gasteiger partial charge is 0.363 e. The Morgan fingerprint density at radius 2 is 2.05 bits per heavy atom. The van der Waals surface area contributed by atoms with E-state index in [0.717, 1.165) is 16.8 Å². The fraction of sp³-hybridized carbons (Fsp3) is 0.429. The average Bonchev–Trinajstić information content (AvgIpc) is 3.03. The van der Waals surface area contributed by atoms with Crippen LogP contribution < -0.4 is 10.0 Å². The molecule has 0 aliphatic heterocycles. The lowest BCUT2D eigenvalue weighted by Crippen LogP contribution is -2.23. The first-order valence-corrected chi connectivity index (χ1v) is 9.23. The first-order valence-electron chi connectivity index (χ1n) is 6.80. The molecule has 2 rings (SSSR count). The van der Waals surface area contributed by atoms with Gasteiger partial charge in [0.05, 0.1) is 4.90 Å². The number of thiophene rings is 1. The summed E-state index contributed by atoms with van der Waals surface area (Å²) in [4.78, 5) is 3.27. The molecule has 2 aromatic heterocycles. The molecule has 116 valence electrons. The minimum Gasteiger partial charge on any atom is -0.363 e. The predicted molar refractivity (Wildman–Crippen MR) is 85.8 cm³/mol. The van der Waals surface area contributed by atoms with Crippen LogP contribution in [0.1, 0.15) is 30.7 Å². The average molecular weight is 327 g/mol. The normalized spacial score (nSPS) is 12.2. The number of aromatic amines is 1. The Hall–Kier alpha value is -1.15. The van der Waals surface area contributed by atoms with E-state index in [9.17, 15) is 8.42 Å². The molecular formula is C14H21N3O2S2. The van der Waals surface area contributed by atoms with Crippen molar-refractivity contribution < 1.29 is 8.42 Å². The molecule has 5 nitrogen and oxygen atoms in total. The van der Waals surface area contributed by atoms with Crippen molar-refractivity contribution in [1.29, 1.82) is 0 Å². The van der Waals surface area contributed by atoms with E-state index in [2.05, 4.69) is 15.0 Å². The Kier molecular flexibility index (Phi) is 5.21. The van der Waals surface area contributed by atoms with Gasteiger partial charge in [0.2, 0.25) is 10.0 Å². The highest BCUT2D eigenvalue weighted by atomic mass is 32.2. The third kappa shape index (κ3) is 4.41. The van der Waals surface area contributed by atoms with E-state index in [0.29, 0.717) is 19.1 Å². The van der Waals surface area contributed by atoms with Crippen LogP contribution in [0.15, 0.2) is 27.9 Å². The molecule has 0 saturated heterocycles. The molecule has 2 heterocycles. The summed E-state index contributed by atoms with van der Waals surface area (Å²) >= 11 is 1.58. The second-order valence-electron chi connectivity index (χ2n) is 5.30. The minimum atomic E-state index is -3.48. The van der Waals surface area contributed by atoms with Crippen molar-refractivity contribution in [1.82, 2.24) is 15.0 Å². The highest BCUT2D eigenvalue weighted by Crippen LogP contribution is 2.15. The number of aryl methyl sites for hydroxylation is 1. The maximum Gasteiger partial charge on any atom is 0.242 e. The van der Waals surface area contributed by atoms with Gasteiger partial charge in [-0.1, -0.05) is 13.8 Å². The highest BCUT2D eigenvalue weighted by Gasteiger charge is 2.16. The lowest BCUT2D eigenvalue weighted by Gasteiger charge is -2.06. The van der Waals surface area contributed by atoms with Crippen LogP contribution in [-0.2, 0) is 23.1 Å². The van der Waals surface area contributed by atoms with Gasteiger partial charge in [0.1, 0.15) is 0 Å². The molecule has 0 fully saturated rings. The second-order valence-corrected chi connectivity index (χ2v) is 7.81. The number of H-pyrrole nitrogens is 1. The van der Waals surface area contributed by atoms with Crippen LogP contribution in [0.25, 0.3) is 0 Å². The smallest absolute Gasteiger partial charge is 0.242 e. The van der Waals surface area contributed by atoms with Crippen LogP contribution in [0.4, 0.5) is 0 Å². The summed E-state index contributed by atoms with van der Waals surface area (Å²) in [5.74, 6) is 0. The van der Waals surface area contributed by atoms with E-state index in [1.165, 1.54) is 6.20 Å². The predicted octanol–water partition coefficient (Wildman–Crippen LogP) is 2.36. The zero-order chi connectivity index (χ0) is 15.5. The van der Waals surface area contributed by atoms with Gasteiger partial charge in [-0.25, -0.2) is 13.1 Å². The first kappa shape index (κ1) is 16.2. The van der Waals surface area contributed by atoms with Crippen LogP contribution in [0.3, 0.4) is 0 Å². The molecule has 0 aliphatic rings. The lowest BCUT2D eigenvalue weighted by molar-refractivity contribution is 0.580. The Balaban J connectivity index is 2.01. The number of sulfonamides is 1. The molecule has 0 aliphatic carbocycles. The molecule has 0 unspecified atom stereocenters. The van der Waals surface area contributed by atoms with Gasteiger partial charge in [-0.05, 0) is 34.9 Å². The van der Waals surface area contributed by atoms with Crippen molar-refractivity contribution in [2.75, 3.05) is 0 Å². The van der Waals surface area contributed by atoms with E-state index in [1.807, 2.05) is 31.5 Å². The van der Waals surface area contributed by atoms with Gasteiger partial charge in [-0.2, -0.15) is 11.3 Å². The van der Waals surface area contributed by atoms with Gasteiger partial charge < -0.3 is 10.3 Å². The molecule has 0 radical (unpaired) electrons. The highest BCUT2D eigenvalue weighted by molar-refractivity contribution is 7.89. The molecule has 21 heavy (non-hydrogen) atoms. The summed E-state index contributed by atoms with van der Waals surface area (Å²) < 4.78 is 27.1. The van der Waals surface area contributed by atoms with Crippen molar-refractivity contribution in [2.45, 2.75) is 44.8 Å². The molecule has 0 saturated carbocycles. The molecule has 2 aromatic rings. The number of hydrogen-bond acceptors (Lipinski definition) is 4. The zero-order valence-electron chi connectivity index (χ0n) is 12.4. The standard InChI is InChI=1S/C14H21N3O2S2/c1-10(2)15-6-13-4-14(7-16-13)21(18,19)17-5-12-9-20-8-11(12)3/h4,7-10,15-17H,5-6H2,1-3H3. The zero-order valence-corrected chi connectivity index (χ0v) is 14.1. The molecule has 0 amide bonds. The molecule has 0 aromatic carbocycles. The Labute approximate surface area is 129 Å². The minimum absolute atomic E-state index is 0.274. The van der Waals surface area contributed by atoms with E-state index in [4.69, 9.17) is 0 Å². The molecular weight excluding hydrogens is 306 g/mol. The van der Waals surface area contributed by atoms with Gasteiger partial charge in [0.15, 0.2) is 0 Å². The fourth-order valence-electron chi connectivity index (χ4n) is 1.81. The van der Waals surface area contributed by atoms with Gasteiger partial charge in [-0.3, -0.25) is 0 Å². The molecule has 0 atom stereocenters. The van der Waals surface area contributed by atoms with Crippen molar-refractivity contribution in [3.05, 3.63) is 39.8 Å². The number of hydrogen-bond donors (Lipinski definition) is 3. The number of nitrogens with one attached hydrogen (secondary N) is 3. The molecule has 0 spiro atoms. The summed E-state index contributed by atoms with van der Waals surface area (Å²) in [6.07, 6.45) is 1.53. The van der Waals surface area contributed by atoms with Crippen LogP contribution >= 0.6 is 11.3 Å². The summed E-state index contributed by atoms with van der Waals surface area (Å²) in [5, 5.41) is 7.22. The van der Waals surface area contributed by atoms with E-state index in [1.54, 1.807) is 17.4 Å². The van der Waals surface area contributed by atoms with Crippen LogP contribution in [0.2, 0.25) is 0 Å². The van der Waals surface area contributed by atoms with Gasteiger partial charge >= 0.3 is 0 Å². The Morgan fingerprint density at radius 3 is 2.67 bits per heavy atom. The van der Waals surface area contributed by atoms with Crippen LogP contribution in [0, 0.1) is 6.92 Å². The Morgan fingerprint density at radius 1 is 1.29 bits per heavy atom. The van der Waals surface area contributed by atoms with Crippen molar-refractivity contribution in [3.8, 4) is 0 Å². The third-order valence-corrected chi connectivity index (χ3v) is 5.43. The SMILES string of the molecule is Cc1cscc1CNS(=O)(=O)c1c[nH]c(CNC(C)C)c1. The monoisotopic (exact) mass is 327 g/mol. The maximum absolute atomic E-state index is 12.2. The maximum atomic E-state index is 12.2. The van der Waals surface area contributed by atoms with E-state index < -0.39 is 10.0 Å². The van der Waals surface area contributed by atoms with Crippen molar-refractivity contribution in [3.63, 3.8) is 0 Å². The first-order chi connectivity index (χ1) is 9.88. The summed E-state index contributed by atoms with van der Waals surface area (Å²) in [5.41, 5.74) is 2.98. The van der Waals surface area contributed by atoms with Crippen molar-refractivity contribution in [2.24, 2.45) is 0 Å². The fourth-order valence-corrected chi connectivity index (χ4v) is 3.69. The topological polar surface area (TPSA) is 74.0 Å². The van der Waals surface area contributed by atoms with Gasteiger partial charge in [0.25, 0.3) is 0 Å². The molecule has 0 bridgehead atoms. The lowest BCUT2D eigenvalue weighted by atomic mass is 10.2. The quantitative estimate of drug-likeness (QED) is 0.731. The third-order valence-electron chi connectivity index (χ3n) is 3.14. The molecule has 3 N–H and O–H groups in total. The van der Waals surface area contributed by atoms with Crippen LogP contribution in [0.5, 0.6) is 0 Å². The Bertz CT molecular complexity index is 687. The molecule has 7 heteroatoms. The van der Waals surface area contributed by atoms with Crippen LogP contribution in [-0.4, -0.2) is 19.4 Å². The summed E-state index contributed by atoms with van der Waals surface area (Å²) in [7, 11) is -3.48. The van der Waals surface area contributed by atoms with Gasteiger partial charge in [0, 0.05) is 31.0 Å². The van der Waals surface area contributed by atoms with Gasteiger partial charge in [-0.15, -0.1) is 0 Å². The summed E-state index contributed by atoms with van der Waals surface area (Å²) in [6, 6.07) is 2.02. The number of rotatable bonds is 7. The van der Waals surface area contributed by atoms with E-state index >= 15 is 0 Å². The van der Waals surface area contributed by atoms with E-state index in [-0.39, 0.29) is 4.90 Å². The summed E-state index contributed by atoms with van der Waals surface area (Å²) in [6.45, 7) is 7.02. The number of aromatic nitrogens is 1.